The summed E-state index contributed by atoms with van der Waals surface area (Å²) in [5, 5.41) is 0. The molecule has 3 aliphatic heterocycles. The number of amides is 2. The van der Waals surface area contributed by atoms with E-state index in [-0.39, 0.29) is 17.6 Å². The van der Waals surface area contributed by atoms with Gasteiger partial charge in [-0.1, -0.05) is 36.4 Å². The molecule has 7 nitrogen and oxygen atoms in total. The molecule has 3 aliphatic rings. The van der Waals surface area contributed by atoms with Gasteiger partial charge in [-0.15, -0.1) is 11.8 Å². The summed E-state index contributed by atoms with van der Waals surface area (Å²) in [5.74, 6) is 1.49. The van der Waals surface area contributed by atoms with Gasteiger partial charge in [-0.3, -0.25) is 24.3 Å². The van der Waals surface area contributed by atoms with E-state index in [2.05, 4.69) is 4.90 Å². The van der Waals surface area contributed by atoms with Crippen LogP contribution in [0.3, 0.4) is 0 Å². The first-order chi connectivity index (χ1) is 17.2. The van der Waals surface area contributed by atoms with E-state index in [1.165, 1.54) is 11.8 Å². The van der Waals surface area contributed by atoms with Crippen molar-refractivity contribution in [2.75, 3.05) is 48.5 Å². The van der Waals surface area contributed by atoms with E-state index in [1.807, 2.05) is 83.8 Å². The molecule has 2 fully saturated rings. The van der Waals surface area contributed by atoms with Gasteiger partial charge in [-0.25, -0.2) is 0 Å². The Morgan fingerprint density at radius 1 is 0.857 bits per heavy atom. The average molecular weight is 488 g/mol. The number of anilines is 2. The van der Waals surface area contributed by atoms with Gasteiger partial charge in [0.05, 0.1) is 31.3 Å². The molecule has 3 aromatic carbocycles. The molecule has 2 saturated heterocycles. The number of hydrogen-bond donors (Lipinski definition) is 0. The van der Waals surface area contributed by atoms with E-state index < -0.39 is 4.87 Å². The topological polar surface area (TPSA) is 62.3 Å². The van der Waals surface area contributed by atoms with Gasteiger partial charge in [0.25, 0.3) is 5.91 Å². The lowest BCUT2D eigenvalue weighted by molar-refractivity contribution is -0.124. The zero-order valence-corrected chi connectivity index (χ0v) is 19.9. The molecule has 0 aliphatic carbocycles. The minimum absolute atomic E-state index is 0.0781. The summed E-state index contributed by atoms with van der Waals surface area (Å²) in [6.45, 7) is 3.35. The van der Waals surface area contributed by atoms with Crippen LogP contribution in [0.1, 0.15) is 5.56 Å². The third kappa shape index (κ3) is 3.78. The number of carbonyl (C=O) groups excluding carboxylic acids is 2. The number of carbonyl (C=O) groups is 2. The second-order valence-electron chi connectivity index (χ2n) is 8.69. The summed E-state index contributed by atoms with van der Waals surface area (Å²) >= 11 is 1.40. The van der Waals surface area contributed by atoms with Crippen molar-refractivity contribution in [3.63, 3.8) is 0 Å². The molecular formula is C27H25N3O4S. The van der Waals surface area contributed by atoms with E-state index in [9.17, 15) is 9.59 Å². The molecule has 0 radical (unpaired) electrons. The quantitative estimate of drug-likeness (QED) is 0.541. The van der Waals surface area contributed by atoms with Crippen LogP contribution in [-0.4, -0.2) is 55.4 Å². The minimum Gasteiger partial charge on any atom is -0.457 e. The number of para-hydroxylation sites is 2. The lowest BCUT2D eigenvalue weighted by atomic mass is 10.0. The summed E-state index contributed by atoms with van der Waals surface area (Å²) in [6.07, 6.45) is 0. The van der Waals surface area contributed by atoms with Gasteiger partial charge < -0.3 is 9.47 Å². The molecule has 1 spiro atoms. The normalized spacial score (nSPS) is 22.2. The Bertz CT molecular complexity index is 1250. The van der Waals surface area contributed by atoms with Gasteiger partial charge in [0.2, 0.25) is 10.8 Å². The van der Waals surface area contributed by atoms with E-state index in [1.54, 1.807) is 4.90 Å². The molecular weight excluding hydrogens is 462 g/mol. The van der Waals surface area contributed by atoms with Crippen molar-refractivity contribution in [3.8, 4) is 11.5 Å². The van der Waals surface area contributed by atoms with Crippen LogP contribution >= 0.6 is 11.8 Å². The van der Waals surface area contributed by atoms with Crippen LogP contribution in [0.25, 0.3) is 0 Å². The molecule has 8 heteroatoms. The van der Waals surface area contributed by atoms with Crippen LogP contribution in [0, 0.1) is 0 Å². The summed E-state index contributed by atoms with van der Waals surface area (Å²) in [6, 6.07) is 24.7. The van der Waals surface area contributed by atoms with Gasteiger partial charge in [0.15, 0.2) is 0 Å². The predicted molar refractivity (Wildman–Crippen MR) is 136 cm³/mol. The van der Waals surface area contributed by atoms with Crippen molar-refractivity contribution in [2.45, 2.75) is 4.87 Å². The molecule has 3 aromatic rings. The molecule has 0 aromatic heterocycles. The van der Waals surface area contributed by atoms with Crippen molar-refractivity contribution >= 4 is 35.0 Å². The summed E-state index contributed by atoms with van der Waals surface area (Å²) in [4.78, 5) is 32.0. The Morgan fingerprint density at radius 3 is 2.31 bits per heavy atom. The number of ether oxygens (including phenoxy) is 2. The fraction of sp³-hybridized carbons (Fsp3) is 0.259. The van der Waals surface area contributed by atoms with Crippen molar-refractivity contribution in [2.24, 2.45) is 0 Å². The SMILES string of the molecule is O=C1CSC2(C(=O)N(CN3CCOCC3)c3ccccc32)N1c1ccc(Oc2ccccc2)cc1. The fourth-order valence-corrected chi connectivity index (χ4v) is 6.29. The first-order valence-electron chi connectivity index (χ1n) is 11.7. The first kappa shape index (κ1) is 22.2. The Kier molecular flexibility index (Phi) is 5.72. The number of nitrogens with zero attached hydrogens (tertiary/aromatic N) is 3. The van der Waals surface area contributed by atoms with Gasteiger partial charge in [-0.05, 0) is 42.5 Å². The van der Waals surface area contributed by atoms with Crippen molar-refractivity contribution in [1.82, 2.24) is 4.90 Å². The molecule has 0 bridgehead atoms. The highest BCUT2D eigenvalue weighted by atomic mass is 32.2. The fourth-order valence-electron chi connectivity index (χ4n) is 4.93. The van der Waals surface area contributed by atoms with E-state index in [0.29, 0.717) is 31.3 Å². The largest absolute Gasteiger partial charge is 0.457 e. The lowest BCUT2D eigenvalue weighted by Gasteiger charge is -2.35. The van der Waals surface area contributed by atoms with Gasteiger partial charge >= 0.3 is 0 Å². The second-order valence-corrected chi connectivity index (χ2v) is 9.86. The molecule has 1 unspecified atom stereocenters. The maximum Gasteiger partial charge on any atom is 0.269 e. The molecule has 6 rings (SSSR count). The predicted octanol–water partition coefficient (Wildman–Crippen LogP) is 4.05. The second kappa shape index (κ2) is 9.03. The highest BCUT2D eigenvalue weighted by Crippen LogP contribution is 2.55. The number of hydrogen-bond acceptors (Lipinski definition) is 6. The number of rotatable bonds is 5. The van der Waals surface area contributed by atoms with Crippen LogP contribution in [0.15, 0.2) is 78.9 Å². The average Bonchev–Trinajstić information content (AvgIpc) is 3.37. The van der Waals surface area contributed by atoms with Crippen molar-refractivity contribution in [1.29, 1.82) is 0 Å². The smallest absolute Gasteiger partial charge is 0.269 e. The van der Waals surface area contributed by atoms with Crippen LogP contribution < -0.4 is 14.5 Å². The molecule has 35 heavy (non-hydrogen) atoms. The zero-order valence-electron chi connectivity index (χ0n) is 19.1. The standard InChI is InChI=1S/C27H25N3O4S/c31-25-18-35-27(30(25)20-10-12-22(13-11-20)34-21-6-2-1-3-7-21)23-8-4-5-9-24(23)29(26(27)32)19-28-14-16-33-17-15-28/h1-13H,14-19H2. The Morgan fingerprint density at radius 2 is 1.54 bits per heavy atom. The molecule has 1 atom stereocenters. The zero-order chi connectivity index (χ0) is 23.8. The third-order valence-corrected chi connectivity index (χ3v) is 7.97. The van der Waals surface area contributed by atoms with E-state index in [4.69, 9.17) is 9.47 Å². The third-order valence-electron chi connectivity index (χ3n) is 6.58. The molecule has 3 heterocycles. The molecule has 0 saturated carbocycles. The molecule has 2 amide bonds. The maximum absolute atomic E-state index is 14.1. The summed E-state index contributed by atoms with van der Waals surface area (Å²) < 4.78 is 11.4. The van der Waals surface area contributed by atoms with Crippen LogP contribution in [-0.2, 0) is 19.2 Å². The Balaban J connectivity index is 1.34. The highest BCUT2D eigenvalue weighted by Gasteiger charge is 2.61. The molecule has 0 N–H and O–H groups in total. The summed E-state index contributed by atoms with van der Waals surface area (Å²) in [5.41, 5.74) is 2.40. The highest BCUT2D eigenvalue weighted by molar-refractivity contribution is 8.02. The number of morpholine rings is 1. The van der Waals surface area contributed by atoms with Gasteiger partial charge in [0, 0.05) is 24.3 Å². The number of fused-ring (bicyclic) bond motifs is 2. The molecule has 178 valence electrons. The van der Waals surface area contributed by atoms with Crippen LogP contribution in [0.2, 0.25) is 0 Å². The summed E-state index contributed by atoms with van der Waals surface area (Å²) in [7, 11) is 0. The van der Waals surface area contributed by atoms with Crippen LogP contribution in [0.4, 0.5) is 11.4 Å². The van der Waals surface area contributed by atoms with Gasteiger partial charge in [0.1, 0.15) is 11.5 Å². The Labute approximate surface area is 208 Å². The number of benzene rings is 3. The van der Waals surface area contributed by atoms with Crippen LogP contribution in [0.5, 0.6) is 11.5 Å². The van der Waals surface area contributed by atoms with E-state index in [0.717, 1.165) is 30.1 Å². The minimum atomic E-state index is -1.11. The van der Waals surface area contributed by atoms with Gasteiger partial charge in [-0.2, -0.15) is 0 Å². The van der Waals surface area contributed by atoms with Crippen molar-refractivity contribution < 1.29 is 19.1 Å². The lowest BCUT2D eigenvalue weighted by Crippen LogP contribution is -2.52. The maximum atomic E-state index is 14.1. The number of thioether (sulfide) groups is 1. The Hall–Kier alpha value is -3.33. The van der Waals surface area contributed by atoms with Crippen molar-refractivity contribution in [3.05, 3.63) is 84.4 Å². The van der Waals surface area contributed by atoms with E-state index >= 15 is 0 Å². The first-order valence-corrected chi connectivity index (χ1v) is 12.7. The monoisotopic (exact) mass is 487 g/mol.